The lowest BCUT2D eigenvalue weighted by Gasteiger charge is -2.37. The predicted octanol–water partition coefficient (Wildman–Crippen LogP) is 3.22. The summed E-state index contributed by atoms with van der Waals surface area (Å²) in [6, 6.07) is 12.3. The van der Waals surface area contributed by atoms with Crippen LogP contribution in [0, 0.1) is 11.3 Å². The van der Waals surface area contributed by atoms with E-state index in [1.54, 1.807) is 41.5 Å². The van der Waals surface area contributed by atoms with Crippen molar-refractivity contribution in [1.82, 2.24) is 10.2 Å². The lowest BCUT2D eigenvalue weighted by molar-refractivity contribution is -0.136. The fraction of sp³-hybridized carbons (Fsp3) is 0.318. The number of nitrogens with zero attached hydrogens (tertiary/aromatic N) is 2. The van der Waals surface area contributed by atoms with Crippen molar-refractivity contribution in [3.8, 4) is 6.07 Å². The Balaban J connectivity index is 1.66. The number of carbonyl (C=O) groups is 2. The SMILES string of the molecule is COC(=O)C1=C(c2cccc(C#N)c2)C[C@@H]2CC[C@H]1N2C(=O)NCc1ccco1. The second-order valence-electron chi connectivity index (χ2n) is 7.17. The van der Waals surface area contributed by atoms with Crippen molar-refractivity contribution in [3.05, 3.63) is 65.1 Å². The van der Waals surface area contributed by atoms with Crippen molar-refractivity contribution in [2.45, 2.75) is 37.9 Å². The molecule has 7 nitrogen and oxygen atoms in total. The minimum Gasteiger partial charge on any atom is -0.467 e. The summed E-state index contributed by atoms with van der Waals surface area (Å²) >= 11 is 0. The third kappa shape index (κ3) is 3.49. The van der Waals surface area contributed by atoms with Gasteiger partial charge in [0.1, 0.15) is 5.76 Å². The third-order valence-electron chi connectivity index (χ3n) is 5.57. The Morgan fingerprint density at radius 3 is 2.90 bits per heavy atom. The summed E-state index contributed by atoms with van der Waals surface area (Å²) in [5.74, 6) is 0.233. The second kappa shape index (κ2) is 7.84. The highest BCUT2D eigenvalue weighted by molar-refractivity contribution is 6.01. The van der Waals surface area contributed by atoms with Gasteiger partial charge in [0.05, 0.1) is 43.2 Å². The number of hydrogen-bond acceptors (Lipinski definition) is 5. The minimum absolute atomic E-state index is 0.00857. The molecule has 1 saturated heterocycles. The molecule has 2 amide bonds. The average Bonchev–Trinajstić information content (AvgIpc) is 3.38. The molecule has 3 heterocycles. The lowest BCUT2D eigenvalue weighted by atomic mass is 9.88. The molecule has 1 aromatic heterocycles. The van der Waals surface area contributed by atoms with E-state index in [1.807, 2.05) is 6.07 Å². The summed E-state index contributed by atoms with van der Waals surface area (Å²) < 4.78 is 10.3. The quantitative estimate of drug-likeness (QED) is 0.808. The van der Waals surface area contributed by atoms with Crippen molar-refractivity contribution < 1.29 is 18.7 Å². The van der Waals surface area contributed by atoms with Crippen molar-refractivity contribution in [3.63, 3.8) is 0 Å². The maximum atomic E-state index is 12.9. The van der Waals surface area contributed by atoms with Gasteiger partial charge in [0, 0.05) is 6.04 Å². The van der Waals surface area contributed by atoms with Crippen LogP contribution >= 0.6 is 0 Å². The number of esters is 1. The number of rotatable bonds is 4. The first-order chi connectivity index (χ1) is 14.1. The van der Waals surface area contributed by atoms with Crippen LogP contribution in [0.5, 0.6) is 0 Å². The van der Waals surface area contributed by atoms with Crippen LogP contribution in [0.1, 0.15) is 36.1 Å². The average molecular weight is 391 g/mol. The Bertz CT molecular complexity index is 1000. The van der Waals surface area contributed by atoms with Crippen LogP contribution in [0.2, 0.25) is 0 Å². The van der Waals surface area contributed by atoms with E-state index < -0.39 is 5.97 Å². The molecule has 1 aromatic carbocycles. The Morgan fingerprint density at radius 2 is 2.17 bits per heavy atom. The van der Waals surface area contributed by atoms with Crippen LogP contribution < -0.4 is 5.32 Å². The summed E-state index contributed by atoms with van der Waals surface area (Å²) in [5, 5.41) is 12.1. The highest BCUT2D eigenvalue weighted by Gasteiger charge is 2.46. The zero-order valence-corrected chi connectivity index (χ0v) is 16.1. The van der Waals surface area contributed by atoms with Crippen LogP contribution in [0.25, 0.3) is 5.57 Å². The van der Waals surface area contributed by atoms with Crippen LogP contribution in [0.15, 0.2) is 52.7 Å². The first-order valence-electron chi connectivity index (χ1n) is 9.52. The van der Waals surface area contributed by atoms with Gasteiger partial charge in [0.2, 0.25) is 0 Å². The topological polar surface area (TPSA) is 95.6 Å². The number of nitrogens with one attached hydrogen (secondary N) is 1. The monoisotopic (exact) mass is 391 g/mol. The fourth-order valence-electron chi connectivity index (χ4n) is 4.31. The molecule has 0 radical (unpaired) electrons. The molecule has 2 atom stereocenters. The van der Waals surface area contributed by atoms with E-state index in [0.29, 0.717) is 29.7 Å². The van der Waals surface area contributed by atoms with Gasteiger partial charge in [-0.1, -0.05) is 12.1 Å². The Kier molecular flexibility index (Phi) is 5.09. The van der Waals surface area contributed by atoms with Gasteiger partial charge in [-0.2, -0.15) is 5.26 Å². The van der Waals surface area contributed by atoms with Gasteiger partial charge in [0.15, 0.2) is 0 Å². The number of amides is 2. The fourth-order valence-corrected chi connectivity index (χ4v) is 4.31. The molecular weight excluding hydrogens is 370 g/mol. The predicted molar refractivity (Wildman–Crippen MR) is 104 cm³/mol. The van der Waals surface area contributed by atoms with Crippen LogP contribution in [0.4, 0.5) is 4.79 Å². The van der Waals surface area contributed by atoms with Gasteiger partial charge >= 0.3 is 12.0 Å². The molecule has 29 heavy (non-hydrogen) atoms. The first-order valence-corrected chi connectivity index (χ1v) is 9.52. The highest BCUT2D eigenvalue weighted by Crippen LogP contribution is 2.43. The number of methoxy groups -OCH3 is 1. The Morgan fingerprint density at radius 1 is 1.31 bits per heavy atom. The molecule has 1 fully saturated rings. The van der Waals surface area contributed by atoms with Crippen molar-refractivity contribution in [2.24, 2.45) is 0 Å². The first kappa shape index (κ1) is 18.8. The summed E-state index contributed by atoms with van der Waals surface area (Å²) in [4.78, 5) is 27.4. The van der Waals surface area contributed by atoms with Gasteiger partial charge in [-0.15, -0.1) is 0 Å². The molecule has 2 aromatic rings. The Labute approximate surface area is 168 Å². The minimum atomic E-state index is -0.434. The molecule has 0 saturated carbocycles. The standard InChI is InChI=1S/C22H21N3O4/c1-28-21(26)20-18(15-5-2-4-14(10-15)12-23)11-16-7-8-19(20)25(16)22(27)24-13-17-6-3-9-29-17/h2-6,9-10,16,19H,7-8,11,13H2,1H3,(H,24,27)/t16-,19+/m0/s1. The highest BCUT2D eigenvalue weighted by atomic mass is 16.5. The van der Waals surface area contributed by atoms with Crippen molar-refractivity contribution >= 4 is 17.6 Å². The van der Waals surface area contributed by atoms with Crippen molar-refractivity contribution in [2.75, 3.05) is 7.11 Å². The molecule has 2 aliphatic rings. The van der Waals surface area contributed by atoms with Gasteiger partial charge in [-0.3, -0.25) is 0 Å². The molecule has 2 bridgehead atoms. The molecule has 0 spiro atoms. The molecule has 0 aliphatic carbocycles. The number of furan rings is 1. The van der Waals surface area contributed by atoms with E-state index in [-0.39, 0.29) is 24.7 Å². The summed E-state index contributed by atoms with van der Waals surface area (Å²) in [6.45, 7) is 0.288. The summed E-state index contributed by atoms with van der Waals surface area (Å²) in [5.41, 5.74) is 2.73. The number of fused-ring (bicyclic) bond motifs is 2. The van der Waals surface area contributed by atoms with E-state index >= 15 is 0 Å². The second-order valence-corrected chi connectivity index (χ2v) is 7.17. The maximum Gasteiger partial charge on any atom is 0.336 e. The number of ether oxygens (including phenoxy) is 1. The normalized spacial score (nSPS) is 20.3. The number of urea groups is 1. The van der Waals surface area contributed by atoms with Gasteiger partial charge in [0.25, 0.3) is 0 Å². The van der Waals surface area contributed by atoms with Crippen LogP contribution in [0.3, 0.4) is 0 Å². The molecule has 2 aliphatic heterocycles. The molecule has 0 unspecified atom stereocenters. The van der Waals surface area contributed by atoms with Gasteiger partial charge in [-0.25, -0.2) is 9.59 Å². The number of nitriles is 1. The van der Waals surface area contributed by atoms with E-state index in [9.17, 15) is 14.9 Å². The van der Waals surface area contributed by atoms with Crippen LogP contribution in [-0.2, 0) is 16.1 Å². The zero-order chi connectivity index (χ0) is 20.4. The van der Waals surface area contributed by atoms with E-state index in [2.05, 4.69) is 11.4 Å². The summed E-state index contributed by atoms with van der Waals surface area (Å²) in [6.07, 6.45) is 3.61. The van der Waals surface area contributed by atoms with Gasteiger partial charge < -0.3 is 19.4 Å². The molecule has 1 N–H and O–H groups in total. The number of carbonyl (C=O) groups excluding carboxylic acids is 2. The van der Waals surface area contributed by atoms with Crippen molar-refractivity contribution in [1.29, 1.82) is 5.26 Å². The van der Waals surface area contributed by atoms with Crippen LogP contribution in [-0.4, -0.2) is 36.1 Å². The zero-order valence-electron chi connectivity index (χ0n) is 16.1. The largest absolute Gasteiger partial charge is 0.467 e. The van der Waals surface area contributed by atoms with E-state index in [0.717, 1.165) is 17.6 Å². The molecule has 7 heteroatoms. The third-order valence-corrected chi connectivity index (χ3v) is 5.57. The smallest absolute Gasteiger partial charge is 0.336 e. The van der Waals surface area contributed by atoms with Gasteiger partial charge in [-0.05, 0) is 54.7 Å². The van der Waals surface area contributed by atoms with E-state index in [1.165, 1.54) is 7.11 Å². The molecular formula is C22H21N3O4. The molecule has 4 rings (SSSR count). The lowest BCUT2D eigenvalue weighted by Crippen LogP contribution is -2.50. The van der Waals surface area contributed by atoms with E-state index in [4.69, 9.17) is 9.15 Å². The number of hydrogen-bond donors (Lipinski definition) is 1. The Hall–Kier alpha value is -3.53. The summed E-state index contributed by atoms with van der Waals surface area (Å²) in [7, 11) is 1.35. The molecule has 148 valence electrons. The number of benzene rings is 1. The maximum absolute atomic E-state index is 12.9.